The average Bonchev–Trinajstić information content (AvgIpc) is 2.65. The lowest BCUT2D eigenvalue weighted by Gasteiger charge is -2.35. The van der Waals surface area contributed by atoms with Gasteiger partial charge in [-0.3, -0.25) is 9.59 Å². The number of carbonyl (C=O) groups is 3. The minimum absolute atomic E-state index is 0.146. The number of para-hydroxylation sites is 1. The second kappa shape index (κ2) is 11.3. The van der Waals surface area contributed by atoms with Crippen LogP contribution in [0, 0.1) is 6.92 Å². The van der Waals surface area contributed by atoms with Crippen molar-refractivity contribution < 1.29 is 34.4 Å². The molecule has 0 spiro atoms. The van der Waals surface area contributed by atoms with Gasteiger partial charge in [0.2, 0.25) is 11.8 Å². The summed E-state index contributed by atoms with van der Waals surface area (Å²) in [5.41, 5.74) is -0.857. The Balaban J connectivity index is 3.45. The van der Waals surface area contributed by atoms with Crippen LogP contribution < -0.4 is 10.6 Å². The Morgan fingerprint density at radius 1 is 1.09 bits per heavy atom. The van der Waals surface area contributed by atoms with Gasteiger partial charge in [0, 0.05) is 17.6 Å². The smallest absolute Gasteiger partial charge is 0.408 e. The normalized spacial score (nSPS) is 13.6. The van der Waals surface area contributed by atoms with Crippen LogP contribution in [-0.4, -0.2) is 75.1 Å². The van der Waals surface area contributed by atoms with Gasteiger partial charge in [-0.25, -0.2) is 4.79 Å². The topological polar surface area (TPSA) is 148 Å². The molecule has 0 saturated carbocycles. The summed E-state index contributed by atoms with van der Waals surface area (Å²) < 4.78 is 5.15. The number of hydrogen-bond donors (Lipinski definition) is 5. The predicted molar refractivity (Wildman–Crippen MR) is 123 cm³/mol. The molecule has 0 aliphatic carbocycles. The number of aliphatic hydroxyl groups excluding tert-OH is 2. The number of nitrogens with one attached hydrogen (secondary N) is 2. The summed E-state index contributed by atoms with van der Waals surface area (Å²) in [6.07, 6.45) is -0.923. The average molecular weight is 468 g/mol. The van der Waals surface area contributed by atoms with Gasteiger partial charge in [0.25, 0.3) is 0 Å². The zero-order valence-corrected chi connectivity index (χ0v) is 20.4. The molecule has 0 heterocycles. The molecule has 0 radical (unpaired) electrons. The number of aliphatic hydroxyl groups is 2. The lowest BCUT2D eigenvalue weighted by molar-refractivity contribution is -0.144. The highest BCUT2D eigenvalue weighted by Gasteiger charge is 2.38. The molecule has 0 aliphatic heterocycles. The molecule has 0 aromatic heterocycles. The van der Waals surface area contributed by atoms with E-state index < -0.39 is 54.3 Å². The third-order valence-electron chi connectivity index (χ3n) is 4.42. The minimum Gasteiger partial charge on any atom is -0.507 e. The van der Waals surface area contributed by atoms with Crippen LogP contribution in [0.15, 0.2) is 18.2 Å². The first kappa shape index (κ1) is 28.2. The number of aromatic hydroxyl groups is 1. The molecule has 33 heavy (non-hydrogen) atoms. The van der Waals surface area contributed by atoms with Crippen LogP contribution >= 0.6 is 0 Å². The van der Waals surface area contributed by atoms with Gasteiger partial charge in [-0.1, -0.05) is 18.2 Å². The van der Waals surface area contributed by atoms with Gasteiger partial charge in [0.15, 0.2) is 0 Å². The Morgan fingerprint density at radius 2 is 1.70 bits per heavy atom. The molecule has 2 atom stereocenters. The van der Waals surface area contributed by atoms with Crippen LogP contribution in [0.2, 0.25) is 0 Å². The zero-order valence-electron chi connectivity index (χ0n) is 20.4. The van der Waals surface area contributed by atoms with Gasteiger partial charge in [-0.15, -0.1) is 0 Å². The number of hydrogen-bond acceptors (Lipinski definition) is 7. The number of nitrogens with zero attached hydrogens (tertiary/aromatic N) is 1. The molecule has 0 aliphatic rings. The largest absolute Gasteiger partial charge is 0.507 e. The van der Waals surface area contributed by atoms with Gasteiger partial charge >= 0.3 is 6.09 Å². The standard InChI is InChI=1S/C23H37N3O7/c1-14-9-8-10-15(18(14)29)17(19(30)25-22(2,3)4)26(11-12-27)20(31)16(13-28)24-21(32)33-23(5,6)7/h8-10,16-17,27-29H,11-13H2,1-7H3,(H,24,32)(H,25,30). The fraction of sp³-hybridized carbons (Fsp3) is 0.609. The zero-order chi connectivity index (χ0) is 25.6. The van der Waals surface area contributed by atoms with Crippen molar-refractivity contribution in [2.75, 3.05) is 19.8 Å². The first-order chi connectivity index (χ1) is 15.1. The highest BCUT2D eigenvalue weighted by Crippen LogP contribution is 2.32. The third-order valence-corrected chi connectivity index (χ3v) is 4.42. The highest BCUT2D eigenvalue weighted by atomic mass is 16.6. The summed E-state index contributed by atoms with van der Waals surface area (Å²) in [5.74, 6) is -1.60. The van der Waals surface area contributed by atoms with Crippen molar-refractivity contribution in [3.63, 3.8) is 0 Å². The van der Waals surface area contributed by atoms with Crippen LogP contribution in [-0.2, 0) is 14.3 Å². The SMILES string of the molecule is Cc1cccc(C(C(=O)NC(C)(C)C)N(CCO)C(=O)C(CO)NC(=O)OC(C)(C)C)c1O. The molecule has 1 rings (SSSR count). The number of carbonyl (C=O) groups excluding carboxylic acids is 3. The van der Waals surface area contributed by atoms with Crippen LogP contribution in [0.5, 0.6) is 5.75 Å². The summed E-state index contributed by atoms with van der Waals surface area (Å²) in [4.78, 5) is 39.9. The summed E-state index contributed by atoms with van der Waals surface area (Å²) in [5, 5.41) is 35.2. The van der Waals surface area contributed by atoms with Crippen molar-refractivity contribution >= 4 is 17.9 Å². The number of phenols is 1. The number of alkyl carbamates (subject to hydrolysis) is 1. The summed E-state index contributed by atoms with van der Waals surface area (Å²) in [7, 11) is 0. The second-order valence-corrected chi connectivity index (χ2v) is 9.79. The first-order valence-corrected chi connectivity index (χ1v) is 10.7. The van der Waals surface area contributed by atoms with E-state index in [0.717, 1.165) is 4.90 Å². The Morgan fingerprint density at radius 3 is 2.18 bits per heavy atom. The molecule has 5 N–H and O–H groups in total. The van der Waals surface area contributed by atoms with E-state index in [9.17, 15) is 29.7 Å². The molecule has 0 bridgehead atoms. The van der Waals surface area contributed by atoms with Gasteiger partial charge < -0.3 is 35.6 Å². The molecular weight excluding hydrogens is 430 g/mol. The van der Waals surface area contributed by atoms with E-state index in [1.165, 1.54) is 6.07 Å². The summed E-state index contributed by atoms with van der Waals surface area (Å²) in [6, 6.07) is 2.01. The number of phenolic OH excluding ortho intramolecular Hbond substituents is 1. The van der Waals surface area contributed by atoms with E-state index in [4.69, 9.17) is 4.74 Å². The van der Waals surface area contributed by atoms with Gasteiger partial charge in [-0.2, -0.15) is 0 Å². The van der Waals surface area contributed by atoms with Crippen LogP contribution in [0.3, 0.4) is 0 Å². The maximum Gasteiger partial charge on any atom is 0.408 e. The fourth-order valence-corrected chi connectivity index (χ4v) is 3.10. The predicted octanol–water partition coefficient (Wildman–Crippen LogP) is 1.36. The van der Waals surface area contributed by atoms with Crippen molar-refractivity contribution in [3.8, 4) is 5.75 Å². The quantitative estimate of drug-likeness (QED) is 0.388. The third kappa shape index (κ3) is 8.54. The van der Waals surface area contributed by atoms with Crippen LogP contribution in [0.4, 0.5) is 4.79 Å². The summed E-state index contributed by atoms with van der Waals surface area (Å²) >= 11 is 0. The molecule has 3 amide bonds. The maximum absolute atomic E-state index is 13.4. The number of amides is 3. The van der Waals surface area contributed by atoms with E-state index in [-0.39, 0.29) is 17.9 Å². The second-order valence-electron chi connectivity index (χ2n) is 9.79. The lowest BCUT2D eigenvalue weighted by atomic mass is 9.98. The van der Waals surface area contributed by atoms with Crippen molar-refractivity contribution in [2.24, 2.45) is 0 Å². The van der Waals surface area contributed by atoms with E-state index in [2.05, 4.69) is 10.6 Å². The molecule has 10 nitrogen and oxygen atoms in total. The van der Waals surface area contributed by atoms with Crippen LogP contribution in [0.25, 0.3) is 0 Å². The molecule has 1 aromatic carbocycles. The molecule has 1 aromatic rings. The van der Waals surface area contributed by atoms with Crippen molar-refractivity contribution in [3.05, 3.63) is 29.3 Å². The lowest BCUT2D eigenvalue weighted by Crippen LogP contribution is -2.56. The Labute approximate surface area is 194 Å². The van der Waals surface area contributed by atoms with Crippen molar-refractivity contribution in [2.45, 2.75) is 71.7 Å². The molecule has 0 fully saturated rings. The van der Waals surface area contributed by atoms with E-state index in [1.54, 1.807) is 60.6 Å². The minimum atomic E-state index is -1.44. The Kier molecular flexibility index (Phi) is 9.68. The maximum atomic E-state index is 13.4. The molecule has 0 saturated heterocycles. The summed E-state index contributed by atoms with van der Waals surface area (Å²) in [6.45, 7) is 10.3. The fourth-order valence-electron chi connectivity index (χ4n) is 3.10. The van der Waals surface area contributed by atoms with Crippen molar-refractivity contribution in [1.82, 2.24) is 15.5 Å². The number of rotatable bonds is 8. The van der Waals surface area contributed by atoms with Crippen LogP contribution in [0.1, 0.15) is 58.7 Å². The molecule has 10 heteroatoms. The van der Waals surface area contributed by atoms with Gasteiger partial charge in [0.05, 0.1) is 13.2 Å². The molecule has 186 valence electrons. The van der Waals surface area contributed by atoms with E-state index in [0.29, 0.717) is 5.56 Å². The Bertz CT molecular complexity index is 843. The van der Waals surface area contributed by atoms with Gasteiger partial charge in [-0.05, 0) is 54.0 Å². The molecular formula is C23H37N3O7. The number of ether oxygens (including phenoxy) is 1. The Hall–Kier alpha value is -2.85. The van der Waals surface area contributed by atoms with E-state index >= 15 is 0 Å². The van der Waals surface area contributed by atoms with E-state index in [1.807, 2.05) is 0 Å². The highest BCUT2D eigenvalue weighted by molar-refractivity contribution is 5.93. The number of aryl methyl sites for hydroxylation is 1. The number of benzene rings is 1. The first-order valence-electron chi connectivity index (χ1n) is 10.7. The monoisotopic (exact) mass is 467 g/mol. The van der Waals surface area contributed by atoms with Crippen molar-refractivity contribution in [1.29, 1.82) is 0 Å². The van der Waals surface area contributed by atoms with Gasteiger partial charge in [0.1, 0.15) is 23.4 Å². The molecule has 2 unspecified atom stereocenters.